The molecule has 220 valence electrons. The molecule has 4 aromatic carbocycles. The van der Waals surface area contributed by atoms with Crippen LogP contribution in [-0.4, -0.2) is 45.2 Å². The van der Waals surface area contributed by atoms with Crippen molar-refractivity contribution < 1.29 is 34.2 Å². The van der Waals surface area contributed by atoms with Gasteiger partial charge in [0.2, 0.25) is 0 Å². The summed E-state index contributed by atoms with van der Waals surface area (Å²) >= 11 is 5.17. The predicted molar refractivity (Wildman–Crippen MR) is 164 cm³/mol. The zero-order chi connectivity index (χ0) is 31.2. The molecular weight excluding hydrogens is 579 g/mol. The molecule has 0 heterocycles. The molecule has 0 radical (unpaired) electrons. The monoisotopic (exact) mass is 605 g/mol. The number of hydrogen-bond donors (Lipinski definition) is 3. The Balaban J connectivity index is 0.000000354. The average Bonchev–Trinajstić information content (AvgIpc) is 2.98. The van der Waals surface area contributed by atoms with Crippen LogP contribution in [0.2, 0.25) is 0 Å². The first-order valence-corrected chi connectivity index (χ1v) is 12.3. The number of hydrogen-bond acceptors (Lipinski definition) is 10. The second kappa shape index (κ2) is 17.7. The molecular formula is C28H26B2ClN3O9. The Bertz CT molecular complexity index is 1530. The summed E-state index contributed by atoms with van der Waals surface area (Å²) in [7, 11) is -0.855. The largest absolute Gasteiger partial charge is 0.488 e. The molecule has 0 aliphatic rings. The normalized spacial score (nSPS) is 9.37. The van der Waals surface area contributed by atoms with Gasteiger partial charge in [-0.25, -0.2) is 0 Å². The van der Waals surface area contributed by atoms with Gasteiger partial charge in [0.25, 0.3) is 11.4 Å². The van der Waals surface area contributed by atoms with Gasteiger partial charge in [-0.15, -0.1) is 0 Å². The maximum atomic E-state index is 12.1. The summed E-state index contributed by atoms with van der Waals surface area (Å²) in [6.07, 6.45) is 0.124. The number of nitrogens with zero attached hydrogens (tertiary/aromatic N) is 2. The third-order valence-electron chi connectivity index (χ3n) is 5.42. The fraction of sp³-hybridized carbons (Fsp3) is 0.0714. The Hall–Kier alpha value is -5.04. The van der Waals surface area contributed by atoms with Crippen molar-refractivity contribution in [2.75, 3.05) is 5.73 Å². The molecule has 0 aliphatic heterocycles. The molecule has 4 aromatic rings. The number of carbonyl (C=O) groups excluding carboxylic acids is 2. The second-order valence-corrected chi connectivity index (χ2v) is 8.72. The number of ketones is 1. The number of Topliss-reactive ketones (excluding diaryl/α,β-unsaturated/α-hetero) is 1. The van der Waals surface area contributed by atoms with Gasteiger partial charge in [0.05, 0.1) is 9.85 Å². The van der Waals surface area contributed by atoms with E-state index in [1.807, 2.05) is 0 Å². The number of carbonyl (C=O) groups is 2. The molecule has 0 spiro atoms. The van der Waals surface area contributed by atoms with Crippen molar-refractivity contribution in [2.24, 2.45) is 0 Å². The Morgan fingerprint density at radius 2 is 1.21 bits per heavy atom. The maximum Gasteiger partial charge on any atom is 0.488 e. The first kappa shape index (κ1) is 36.0. The molecule has 0 saturated carbocycles. The van der Waals surface area contributed by atoms with Crippen molar-refractivity contribution in [3.63, 3.8) is 0 Å². The number of nitro benzene ring substituents is 2. The van der Waals surface area contributed by atoms with E-state index in [9.17, 15) is 34.5 Å². The van der Waals surface area contributed by atoms with Crippen molar-refractivity contribution in [1.29, 1.82) is 0 Å². The number of nitrogens with two attached hydrogens (primary N) is 1. The third-order valence-corrected chi connectivity index (χ3v) is 5.64. The number of rotatable bonds is 8. The van der Waals surface area contributed by atoms with Crippen LogP contribution in [0.25, 0.3) is 0 Å². The minimum atomic E-state index is -1.57. The van der Waals surface area contributed by atoms with E-state index in [1.165, 1.54) is 72.8 Å². The van der Waals surface area contributed by atoms with Crippen LogP contribution in [0.1, 0.15) is 33.7 Å². The fourth-order valence-electron chi connectivity index (χ4n) is 3.15. The molecule has 12 nitrogen and oxygen atoms in total. The van der Waals surface area contributed by atoms with Gasteiger partial charge in [-0.3, -0.25) is 25.0 Å². The standard InChI is InChI=1S/C14H12BNO5.C7H4BClO2.C6H6N2O2.CH4/c17-14(11-3-5-12(6-4-11)15(18)19)9-10-1-7-13(8-2-10)16(20)21;9-7(10)5-1-3-6(8-11)4-2-5;7-5-1-3-6(4-2-5)8(9)10;/h1-8,18-19H,9H2;1-4H;1-4H,7H2;1H4. The Morgan fingerprint density at radius 1 is 0.767 bits per heavy atom. The Labute approximate surface area is 252 Å². The van der Waals surface area contributed by atoms with E-state index >= 15 is 0 Å². The fourth-order valence-corrected chi connectivity index (χ4v) is 3.28. The number of benzene rings is 4. The van der Waals surface area contributed by atoms with E-state index in [0.29, 0.717) is 40.5 Å². The van der Waals surface area contributed by atoms with Crippen molar-refractivity contribution >= 4 is 64.9 Å². The van der Waals surface area contributed by atoms with Gasteiger partial charge in [-0.2, -0.15) is 0 Å². The number of nitrogen functional groups attached to an aromatic ring is 1. The molecule has 0 fully saturated rings. The van der Waals surface area contributed by atoms with E-state index in [1.54, 1.807) is 24.3 Å². The summed E-state index contributed by atoms with van der Waals surface area (Å²) in [5.74, 6) is -0.150. The van der Waals surface area contributed by atoms with Crippen LogP contribution in [0.5, 0.6) is 0 Å². The first-order chi connectivity index (χ1) is 19.9. The molecule has 0 saturated heterocycles. The van der Waals surface area contributed by atoms with Crippen molar-refractivity contribution in [2.45, 2.75) is 13.8 Å². The zero-order valence-corrected chi connectivity index (χ0v) is 22.5. The first-order valence-electron chi connectivity index (χ1n) is 11.9. The van der Waals surface area contributed by atoms with E-state index < -0.39 is 22.2 Å². The van der Waals surface area contributed by atoms with Crippen LogP contribution in [0.4, 0.5) is 17.1 Å². The summed E-state index contributed by atoms with van der Waals surface area (Å²) in [4.78, 5) is 42.2. The van der Waals surface area contributed by atoms with Gasteiger partial charge >= 0.3 is 75.9 Å². The maximum absolute atomic E-state index is 12.1. The number of non-ortho nitro benzene ring substituents is 2. The van der Waals surface area contributed by atoms with E-state index in [4.69, 9.17) is 27.4 Å². The number of halogens is 1. The summed E-state index contributed by atoms with van der Waals surface area (Å²) < 4.78 is 10.2. The molecule has 15 heteroatoms. The van der Waals surface area contributed by atoms with E-state index in [0.717, 1.165) is 0 Å². The molecule has 0 atom stereocenters. The third kappa shape index (κ3) is 12.2. The minimum absolute atomic E-state index is 0. The second-order valence-electron chi connectivity index (χ2n) is 8.38. The minimum Gasteiger partial charge on any atom is -0.423 e. The van der Waals surface area contributed by atoms with Crippen molar-refractivity contribution in [3.05, 3.63) is 134 Å². The predicted octanol–water partition coefficient (Wildman–Crippen LogP) is 3.25. The Kier molecular flexibility index (Phi) is 14.8. The molecule has 0 amide bonds. The Morgan fingerprint density at radius 3 is 1.60 bits per heavy atom. The SMILES string of the molecule is C.Nc1ccc([N+](=O)[O-])cc1.O=Bc1ccc(C(=O)Cl)cc1.O=C(Cc1ccc([N+](=O)[O-])cc1)c1ccc(B(O)O)cc1. The average molecular weight is 606 g/mol. The van der Waals surface area contributed by atoms with Crippen molar-refractivity contribution in [1.82, 2.24) is 0 Å². The van der Waals surface area contributed by atoms with Crippen LogP contribution in [-0.2, 0) is 11.1 Å². The summed E-state index contributed by atoms with van der Waals surface area (Å²) in [5.41, 5.74) is 8.24. The summed E-state index contributed by atoms with van der Waals surface area (Å²) in [6, 6.07) is 23.6. The van der Waals surface area contributed by atoms with Crippen LogP contribution in [0, 0.1) is 20.2 Å². The molecule has 4 rings (SSSR count). The van der Waals surface area contributed by atoms with E-state index in [-0.39, 0.29) is 31.0 Å². The van der Waals surface area contributed by atoms with Gasteiger partial charge in [-0.05, 0) is 23.2 Å². The molecule has 43 heavy (non-hydrogen) atoms. The van der Waals surface area contributed by atoms with Crippen LogP contribution < -0.4 is 16.7 Å². The van der Waals surface area contributed by atoms with Crippen LogP contribution in [0.15, 0.2) is 97.1 Å². The van der Waals surface area contributed by atoms with Crippen molar-refractivity contribution in [3.8, 4) is 0 Å². The summed E-state index contributed by atoms with van der Waals surface area (Å²) in [6.45, 7) is 0. The van der Waals surface area contributed by atoms with Gasteiger partial charge in [0.15, 0.2) is 5.78 Å². The number of anilines is 1. The van der Waals surface area contributed by atoms with Gasteiger partial charge in [0.1, 0.15) is 0 Å². The number of nitro groups is 2. The topological polar surface area (TPSA) is 204 Å². The van der Waals surface area contributed by atoms with Gasteiger partial charge < -0.3 is 15.8 Å². The quantitative estimate of drug-likeness (QED) is 0.0668. The molecule has 0 bridgehead atoms. The molecule has 0 unspecified atom stereocenters. The molecule has 4 N–H and O–H groups in total. The smallest absolute Gasteiger partial charge is 0.423 e. The molecule has 0 aliphatic carbocycles. The zero-order valence-electron chi connectivity index (χ0n) is 21.7. The van der Waals surface area contributed by atoms with E-state index in [2.05, 4.69) is 0 Å². The van der Waals surface area contributed by atoms with Gasteiger partial charge in [-0.1, -0.05) is 43.8 Å². The van der Waals surface area contributed by atoms with Gasteiger partial charge in [0, 0.05) is 41.9 Å². The van der Waals surface area contributed by atoms with Crippen LogP contribution in [0.3, 0.4) is 0 Å². The molecule has 0 aromatic heterocycles. The van der Waals surface area contributed by atoms with Crippen LogP contribution >= 0.6 is 11.6 Å². The summed E-state index contributed by atoms with van der Waals surface area (Å²) in [5, 5.41) is 38.1.